The molecule has 0 unspecified atom stereocenters. The second-order valence-electron chi connectivity index (χ2n) is 6.60. The molecule has 0 atom stereocenters. The van der Waals surface area contributed by atoms with Gasteiger partial charge in [-0.1, -0.05) is 25.0 Å². The Bertz CT molecular complexity index is 934. The maximum atomic E-state index is 13.2. The van der Waals surface area contributed by atoms with E-state index in [1.54, 1.807) is 12.1 Å². The Morgan fingerprint density at radius 3 is 2.59 bits per heavy atom. The molecule has 4 rings (SSSR count). The highest BCUT2D eigenvalue weighted by Crippen LogP contribution is 2.37. The van der Waals surface area contributed by atoms with E-state index in [1.807, 2.05) is 10.3 Å². The van der Waals surface area contributed by atoms with Gasteiger partial charge in [-0.3, -0.25) is 4.79 Å². The third kappa shape index (κ3) is 3.93. The van der Waals surface area contributed by atoms with Crippen LogP contribution < -0.4 is 4.74 Å². The average molecular weight is 385 g/mol. The van der Waals surface area contributed by atoms with Crippen LogP contribution in [0.15, 0.2) is 36.0 Å². The average Bonchev–Trinajstić information content (AvgIpc) is 2.94. The van der Waals surface area contributed by atoms with E-state index >= 15 is 0 Å². The number of ether oxygens (including phenoxy) is 1. The van der Waals surface area contributed by atoms with Crippen LogP contribution in [-0.4, -0.2) is 40.5 Å². The zero-order chi connectivity index (χ0) is 18.6. The molecule has 1 fully saturated rings. The summed E-state index contributed by atoms with van der Waals surface area (Å²) in [6.07, 6.45) is 5.88. The summed E-state index contributed by atoms with van der Waals surface area (Å²) in [6.45, 7) is 1.55. The van der Waals surface area contributed by atoms with Crippen molar-refractivity contribution in [1.29, 1.82) is 0 Å². The van der Waals surface area contributed by atoms with Crippen LogP contribution in [0.1, 0.15) is 25.7 Å². The quantitative estimate of drug-likeness (QED) is 0.673. The smallest absolute Gasteiger partial charge is 0.260 e. The summed E-state index contributed by atoms with van der Waals surface area (Å²) in [5.41, 5.74) is 1.74. The van der Waals surface area contributed by atoms with Crippen molar-refractivity contribution < 1.29 is 13.9 Å². The summed E-state index contributed by atoms with van der Waals surface area (Å²) in [5, 5.41) is 2.72. The van der Waals surface area contributed by atoms with Gasteiger partial charge in [-0.2, -0.15) is 0 Å². The molecule has 1 aliphatic heterocycles. The van der Waals surface area contributed by atoms with E-state index in [9.17, 15) is 9.18 Å². The van der Waals surface area contributed by atoms with E-state index in [4.69, 9.17) is 4.74 Å². The second-order valence-corrected chi connectivity index (χ2v) is 7.46. The predicted octanol–water partition coefficient (Wildman–Crippen LogP) is 4.28. The number of halogens is 1. The number of fused-ring (bicyclic) bond motifs is 1. The van der Waals surface area contributed by atoms with Gasteiger partial charge in [-0.05, 0) is 30.5 Å². The lowest BCUT2D eigenvalue weighted by Crippen LogP contribution is -2.35. The number of aromatic nitrogens is 2. The molecule has 27 heavy (non-hydrogen) atoms. The lowest BCUT2D eigenvalue weighted by Gasteiger charge is -2.20. The van der Waals surface area contributed by atoms with Crippen molar-refractivity contribution in [3.05, 3.63) is 41.8 Å². The summed E-state index contributed by atoms with van der Waals surface area (Å²) < 4.78 is 19.1. The van der Waals surface area contributed by atoms with Crippen LogP contribution in [0.25, 0.3) is 21.3 Å². The van der Waals surface area contributed by atoms with E-state index < -0.39 is 0 Å². The highest BCUT2D eigenvalue weighted by molar-refractivity contribution is 7.17. The highest BCUT2D eigenvalue weighted by atomic mass is 32.1. The highest BCUT2D eigenvalue weighted by Gasteiger charge is 2.19. The van der Waals surface area contributed by atoms with Crippen LogP contribution in [0.3, 0.4) is 0 Å². The Morgan fingerprint density at radius 1 is 1.11 bits per heavy atom. The molecule has 5 nitrogen and oxygen atoms in total. The third-order valence-electron chi connectivity index (χ3n) is 4.78. The minimum atomic E-state index is -0.283. The Kier molecular flexibility index (Phi) is 5.29. The van der Waals surface area contributed by atoms with Gasteiger partial charge in [-0.25, -0.2) is 14.4 Å². The van der Waals surface area contributed by atoms with Crippen molar-refractivity contribution in [3.63, 3.8) is 0 Å². The first-order valence-corrected chi connectivity index (χ1v) is 9.99. The minimum absolute atomic E-state index is 0.0118. The van der Waals surface area contributed by atoms with E-state index in [1.165, 1.54) is 42.6 Å². The van der Waals surface area contributed by atoms with Crippen molar-refractivity contribution in [2.45, 2.75) is 25.7 Å². The molecule has 0 N–H and O–H groups in total. The molecule has 1 saturated heterocycles. The Hall–Kier alpha value is -2.54. The predicted molar refractivity (Wildman–Crippen MR) is 103 cm³/mol. The molecular formula is C20H20FN3O2S. The SMILES string of the molecule is O=C(COc1ncnc2scc(-c3ccc(F)cc3)c12)N1CCCCCC1. The van der Waals surface area contributed by atoms with Gasteiger partial charge in [-0.15, -0.1) is 11.3 Å². The molecule has 0 radical (unpaired) electrons. The van der Waals surface area contributed by atoms with E-state index in [-0.39, 0.29) is 18.3 Å². The molecule has 1 amide bonds. The van der Waals surface area contributed by atoms with Crippen LogP contribution in [0.2, 0.25) is 0 Å². The number of carbonyl (C=O) groups excluding carboxylic acids is 1. The van der Waals surface area contributed by atoms with Crippen LogP contribution in [0, 0.1) is 5.82 Å². The maximum absolute atomic E-state index is 13.2. The molecular weight excluding hydrogens is 365 g/mol. The summed E-state index contributed by atoms with van der Waals surface area (Å²) in [4.78, 5) is 23.7. The van der Waals surface area contributed by atoms with Crippen molar-refractivity contribution in [1.82, 2.24) is 14.9 Å². The maximum Gasteiger partial charge on any atom is 0.260 e. The van der Waals surface area contributed by atoms with E-state index in [2.05, 4.69) is 9.97 Å². The van der Waals surface area contributed by atoms with Gasteiger partial charge in [0, 0.05) is 24.0 Å². The summed E-state index contributed by atoms with van der Waals surface area (Å²) in [7, 11) is 0. The van der Waals surface area contributed by atoms with Gasteiger partial charge in [0.05, 0.1) is 5.39 Å². The van der Waals surface area contributed by atoms with Gasteiger partial charge in [0.2, 0.25) is 5.88 Å². The van der Waals surface area contributed by atoms with Crippen molar-refractivity contribution in [2.24, 2.45) is 0 Å². The number of carbonyl (C=O) groups is 1. The first kappa shape index (κ1) is 17.9. The van der Waals surface area contributed by atoms with Crippen LogP contribution in [0.4, 0.5) is 4.39 Å². The van der Waals surface area contributed by atoms with Gasteiger partial charge in [0.25, 0.3) is 5.91 Å². The monoisotopic (exact) mass is 385 g/mol. The Labute approximate surface area is 160 Å². The van der Waals surface area contributed by atoms with E-state index in [0.29, 0.717) is 5.88 Å². The molecule has 140 valence electrons. The molecule has 1 aromatic carbocycles. The number of hydrogen-bond donors (Lipinski definition) is 0. The van der Waals surface area contributed by atoms with Gasteiger partial charge >= 0.3 is 0 Å². The van der Waals surface area contributed by atoms with Crippen LogP contribution in [-0.2, 0) is 4.79 Å². The second kappa shape index (κ2) is 8.00. The van der Waals surface area contributed by atoms with E-state index in [0.717, 1.165) is 47.3 Å². The fourth-order valence-electron chi connectivity index (χ4n) is 3.34. The molecule has 1 aliphatic rings. The molecule has 0 aliphatic carbocycles. The zero-order valence-electron chi connectivity index (χ0n) is 14.9. The van der Waals surface area contributed by atoms with Crippen molar-refractivity contribution in [2.75, 3.05) is 19.7 Å². The summed E-state index contributed by atoms with van der Waals surface area (Å²) in [6, 6.07) is 6.28. The minimum Gasteiger partial charge on any atom is -0.467 e. The lowest BCUT2D eigenvalue weighted by atomic mass is 10.1. The fourth-order valence-corrected chi connectivity index (χ4v) is 4.25. The number of hydrogen-bond acceptors (Lipinski definition) is 5. The Morgan fingerprint density at radius 2 is 1.85 bits per heavy atom. The van der Waals surface area contributed by atoms with Crippen molar-refractivity contribution in [3.8, 4) is 17.0 Å². The number of nitrogens with zero attached hydrogens (tertiary/aromatic N) is 3. The number of likely N-dealkylation sites (tertiary alicyclic amines) is 1. The standard InChI is InChI=1S/C20H20FN3O2S/c21-15-7-5-14(6-8-15)16-12-27-20-18(16)19(22-13-23-20)26-11-17(25)24-9-3-1-2-4-10-24/h5-8,12-13H,1-4,9-11H2. The number of rotatable bonds is 4. The number of thiophene rings is 1. The van der Waals surface area contributed by atoms with Gasteiger partial charge in [0.1, 0.15) is 17.0 Å². The zero-order valence-corrected chi connectivity index (χ0v) is 15.7. The topological polar surface area (TPSA) is 55.3 Å². The molecule has 2 aromatic heterocycles. The number of benzene rings is 1. The first-order valence-electron chi connectivity index (χ1n) is 9.11. The molecule has 7 heteroatoms. The number of amides is 1. The first-order chi connectivity index (χ1) is 13.2. The summed E-state index contributed by atoms with van der Waals surface area (Å²) >= 11 is 1.47. The van der Waals surface area contributed by atoms with Gasteiger partial charge in [0.15, 0.2) is 6.61 Å². The molecule has 0 spiro atoms. The van der Waals surface area contributed by atoms with Crippen molar-refractivity contribution >= 4 is 27.5 Å². The van der Waals surface area contributed by atoms with Crippen LogP contribution in [0.5, 0.6) is 5.88 Å². The molecule has 0 bridgehead atoms. The van der Waals surface area contributed by atoms with Crippen LogP contribution >= 0.6 is 11.3 Å². The third-order valence-corrected chi connectivity index (χ3v) is 5.67. The largest absolute Gasteiger partial charge is 0.467 e. The Balaban J connectivity index is 1.57. The van der Waals surface area contributed by atoms with Gasteiger partial charge < -0.3 is 9.64 Å². The molecule has 3 heterocycles. The molecule has 3 aromatic rings. The fraction of sp³-hybridized carbons (Fsp3) is 0.350. The molecule has 0 saturated carbocycles. The lowest BCUT2D eigenvalue weighted by molar-refractivity contribution is -0.133. The summed E-state index contributed by atoms with van der Waals surface area (Å²) in [5.74, 6) is 0.0972. The normalized spacial score (nSPS) is 14.9.